The van der Waals surface area contributed by atoms with E-state index in [2.05, 4.69) is 9.97 Å². The number of H-pyrrole nitrogens is 1. The molecule has 0 aliphatic rings. The number of nitrogen functional groups attached to an aromatic ring is 1. The Kier molecular flexibility index (Phi) is 2.83. The summed E-state index contributed by atoms with van der Waals surface area (Å²) in [4.78, 5) is 29.5. The van der Waals surface area contributed by atoms with Crippen molar-refractivity contribution in [3.05, 3.63) is 69.0 Å². The number of aromatic amines is 1. The molecule has 0 atom stereocenters. The fourth-order valence-electron chi connectivity index (χ4n) is 2.17. The highest BCUT2D eigenvalue weighted by molar-refractivity contribution is 5.81. The van der Waals surface area contributed by atoms with Gasteiger partial charge in [-0.3, -0.25) is 19.3 Å². The first-order valence-electron chi connectivity index (χ1n) is 6.07. The molecule has 100 valence electrons. The second-order valence-electron chi connectivity index (χ2n) is 4.44. The molecule has 0 saturated heterocycles. The number of benzene rings is 1. The highest BCUT2D eigenvalue weighted by atomic mass is 16.2. The maximum atomic E-state index is 11.8. The van der Waals surface area contributed by atoms with Gasteiger partial charge in [0.15, 0.2) is 0 Å². The van der Waals surface area contributed by atoms with Crippen LogP contribution in [0.5, 0.6) is 0 Å². The maximum Gasteiger partial charge on any atom is 0.330 e. The first-order chi connectivity index (χ1) is 9.65. The molecule has 0 unspecified atom stereocenters. The third-order valence-corrected chi connectivity index (χ3v) is 3.11. The zero-order chi connectivity index (χ0) is 14.1. The minimum Gasteiger partial charge on any atom is -0.385 e. The van der Waals surface area contributed by atoms with E-state index < -0.39 is 11.2 Å². The van der Waals surface area contributed by atoms with Crippen molar-refractivity contribution < 1.29 is 0 Å². The van der Waals surface area contributed by atoms with Gasteiger partial charge in [0.05, 0.1) is 12.1 Å². The molecule has 0 aliphatic heterocycles. The van der Waals surface area contributed by atoms with Crippen molar-refractivity contribution in [1.82, 2.24) is 14.5 Å². The van der Waals surface area contributed by atoms with Crippen LogP contribution < -0.4 is 17.0 Å². The number of para-hydroxylation sites is 1. The Morgan fingerprint density at radius 1 is 1.20 bits per heavy atom. The van der Waals surface area contributed by atoms with E-state index in [1.165, 1.54) is 10.6 Å². The zero-order valence-corrected chi connectivity index (χ0v) is 10.5. The molecule has 6 nitrogen and oxygen atoms in total. The van der Waals surface area contributed by atoms with Gasteiger partial charge in [0.2, 0.25) is 0 Å². The van der Waals surface area contributed by atoms with Crippen molar-refractivity contribution in [2.24, 2.45) is 0 Å². The number of nitrogens with one attached hydrogen (secondary N) is 1. The average molecular weight is 268 g/mol. The van der Waals surface area contributed by atoms with Crippen molar-refractivity contribution >= 4 is 16.7 Å². The fourth-order valence-corrected chi connectivity index (χ4v) is 2.17. The quantitative estimate of drug-likeness (QED) is 0.716. The molecular formula is C14H12N4O2. The van der Waals surface area contributed by atoms with Crippen LogP contribution in [0.2, 0.25) is 0 Å². The summed E-state index contributed by atoms with van der Waals surface area (Å²) in [5, 5.41) is 0.987. The van der Waals surface area contributed by atoms with Crippen molar-refractivity contribution in [2.45, 2.75) is 6.54 Å². The summed E-state index contributed by atoms with van der Waals surface area (Å²) in [6, 6.07) is 10.7. The van der Waals surface area contributed by atoms with Gasteiger partial charge >= 0.3 is 5.69 Å². The molecule has 3 N–H and O–H groups in total. The Hall–Kier alpha value is -2.89. The summed E-state index contributed by atoms with van der Waals surface area (Å²) in [6.45, 7) is 0.260. The summed E-state index contributed by atoms with van der Waals surface area (Å²) >= 11 is 0. The number of rotatable bonds is 2. The first kappa shape index (κ1) is 12.2. The van der Waals surface area contributed by atoms with Crippen LogP contribution in [-0.4, -0.2) is 14.5 Å². The van der Waals surface area contributed by atoms with Gasteiger partial charge in [0.25, 0.3) is 5.56 Å². The number of hydrogen-bond donors (Lipinski definition) is 2. The van der Waals surface area contributed by atoms with E-state index in [4.69, 9.17) is 5.73 Å². The van der Waals surface area contributed by atoms with E-state index in [0.717, 1.165) is 16.5 Å². The molecular weight excluding hydrogens is 256 g/mol. The number of nitrogens with two attached hydrogens (primary N) is 1. The van der Waals surface area contributed by atoms with Gasteiger partial charge in [0, 0.05) is 17.6 Å². The van der Waals surface area contributed by atoms with Crippen LogP contribution in [0.15, 0.2) is 52.2 Å². The van der Waals surface area contributed by atoms with Gasteiger partial charge < -0.3 is 5.73 Å². The molecule has 0 radical (unpaired) electrons. The van der Waals surface area contributed by atoms with E-state index in [9.17, 15) is 9.59 Å². The monoisotopic (exact) mass is 268 g/mol. The second kappa shape index (κ2) is 4.65. The summed E-state index contributed by atoms with van der Waals surface area (Å²) < 4.78 is 1.31. The lowest BCUT2D eigenvalue weighted by atomic mass is 10.1. The first-order valence-corrected chi connectivity index (χ1v) is 6.07. The molecule has 3 rings (SSSR count). The molecule has 0 spiro atoms. The number of hydrogen-bond acceptors (Lipinski definition) is 4. The van der Waals surface area contributed by atoms with Crippen LogP contribution in [0.25, 0.3) is 10.9 Å². The highest BCUT2D eigenvalue weighted by Gasteiger charge is 2.07. The minimum absolute atomic E-state index is 0.131. The van der Waals surface area contributed by atoms with Crippen molar-refractivity contribution in [3.63, 3.8) is 0 Å². The SMILES string of the molecule is Nc1cc(=O)[nH]c(=O)n1Cc1cccc2cccnc12. The lowest BCUT2D eigenvalue weighted by Gasteiger charge is -2.10. The van der Waals surface area contributed by atoms with Crippen LogP contribution in [0.4, 0.5) is 5.82 Å². The van der Waals surface area contributed by atoms with E-state index in [0.29, 0.717) is 0 Å². The van der Waals surface area contributed by atoms with Crippen LogP contribution in [-0.2, 0) is 6.54 Å². The molecule has 3 aromatic rings. The molecule has 0 aliphatic carbocycles. The lowest BCUT2D eigenvalue weighted by molar-refractivity contribution is 0.735. The van der Waals surface area contributed by atoms with Crippen molar-refractivity contribution in [2.75, 3.05) is 5.73 Å². The summed E-state index contributed by atoms with van der Waals surface area (Å²) in [7, 11) is 0. The van der Waals surface area contributed by atoms with Gasteiger partial charge in [-0.1, -0.05) is 24.3 Å². The van der Waals surface area contributed by atoms with Crippen LogP contribution >= 0.6 is 0 Å². The molecule has 0 amide bonds. The third kappa shape index (κ3) is 2.07. The van der Waals surface area contributed by atoms with Gasteiger partial charge in [0.1, 0.15) is 5.82 Å². The second-order valence-corrected chi connectivity index (χ2v) is 4.44. The van der Waals surface area contributed by atoms with Crippen LogP contribution in [0, 0.1) is 0 Å². The Balaban J connectivity index is 2.15. The number of nitrogens with zero attached hydrogens (tertiary/aromatic N) is 2. The van der Waals surface area contributed by atoms with Gasteiger partial charge in [-0.2, -0.15) is 0 Å². The van der Waals surface area contributed by atoms with Crippen molar-refractivity contribution in [1.29, 1.82) is 0 Å². The fraction of sp³-hybridized carbons (Fsp3) is 0.0714. The third-order valence-electron chi connectivity index (χ3n) is 3.11. The molecule has 2 aromatic heterocycles. The van der Waals surface area contributed by atoms with Gasteiger partial charge in [-0.15, -0.1) is 0 Å². The number of anilines is 1. The Morgan fingerprint density at radius 3 is 2.80 bits per heavy atom. The van der Waals surface area contributed by atoms with E-state index in [1.54, 1.807) is 6.20 Å². The summed E-state index contributed by atoms with van der Waals surface area (Å²) in [6.07, 6.45) is 1.70. The smallest absolute Gasteiger partial charge is 0.330 e. The summed E-state index contributed by atoms with van der Waals surface area (Å²) in [5.41, 5.74) is 6.39. The maximum absolute atomic E-state index is 11.8. The zero-order valence-electron chi connectivity index (χ0n) is 10.5. The number of pyridine rings is 1. The van der Waals surface area contributed by atoms with E-state index in [1.807, 2.05) is 30.3 Å². The molecule has 0 fully saturated rings. The minimum atomic E-state index is -0.525. The van der Waals surface area contributed by atoms with E-state index in [-0.39, 0.29) is 12.4 Å². The summed E-state index contributed by atoms with van der Waals surface area (Å²) in [5.74, 6) is 0.131. The Labute approximate surface area is 113 Å². The molecule has 0 bridgehead atoms. The molecule has 1 aromatic carbocycles. The predicted octanol–water partition coefficient (Wildman–Crippen LogP) is 0.715. The van der Waals surface area contributed by atoms with E-state index >= 15 is 0 Å². The van der Waals surface area contributed by atoms with Gasteiger partial charge in [-0.05, 0) is 11.6 Å². The lowest BCUT2D eigenvalue weighted by Crippen LogP contribution is -2.31. The predicted molar refractivity (Wildman–Crippen MR) is 76.6 cm³/mol. The molecule has 20 heavy (non-hydrogen) atoms. The number of fused-ring (bicyclic) bond motifs is 1. The van der Waals surface area contributed by atoms with Crippen molar-refractivity contribution in [3.8, 4) is 0 Å². The highest BCUT2D eigenvalue weighted by Crippen LogP contribution is 2.17. The standard InChI is InChI=1S/C14H12N4O2/c15-11-7-12(19)17-14(20)18(11)8-10-4-1-3-9-5-2-6-16-13(9)10/h1-7H,8,15H2,(H,17,19,20). The molecule has 6 heteroatoms. The average Bonchev–Trinajstić information content (AvgIpc) is 2.43. The number of aromatic nitrogens is 3. The molecule has 2 heterocycles. The van der Waals surface area contributed by atoms with Crippen LogP contribution in [0.3, 0.4) is 0 Å². The Morgan fingerprint density at radius 2 is 2.00 bits per heavy atom. The van der Waals surface area contributed by atoms with Gasteiger partial charge in [-0.25, -0.2) is 4.79 Å². The van der Waals surface area contributed by atoms with Crippen LogP contribution in [0.1, 0.15) is 5.56 Å². The topological polar surface area (TPSA) is 93.8 Å². The largest absolute Gasteiger partial charge is 0.385 e. The normalized spacial score (nSPS) is 10.8. The molecule has 0 saturated carbocycles. The Bertz CT molecular complexity index is 890.